The van der Waals surface area contributed by atoms with Crippen LogP contribution in [0.15, 0.2) is 48.5 Å². The third-order valence-electron chi connectivity index (χ3n) is 6.25. The van der Waals surface area contributed by atoms with Gasteiger partial charge in [-0.1, -0.05) is 31.2 Å². The first-order valence-electron chi connectivity index (χ1n) is 13.4. The Bertz CT molecular complexity index is 1260. The van der Waals surface area contributed by atoms with Gasteiger partial charge in [-0.05, 0) is 68.0 Å². The number of nitrogens with one attached hydrogen (secondary N) is 2. The minimum Gasteiger partial charge on any atom is -0.459 e. The number of ether oxygens (including phenoxy) is 1. The Morgan fingerprint density at radius 3 is 2.30 bits per heavy atom. The minimum atomic E-state index is -0.759. The second-order valence-corrected chi connectivity index (χ2v) is 9.85. The number of hydrogen-bond donors (Lipinski definition) is 3. The zero-order valence-corrected chi connectivity index (χ0v) is 23.2. The molecular formula is C30H37F2N5O3. The SMILES string of the molecule is CCc1cccc(CNC[C@@H](OC(=O)CCCC(=O)Nc2nc(C)cc(C)n2)[C@@H](N)Cc2cc(F)cc(F)c2)c1. The highest BCUT2D eigenvalue weighted by molar-refractivity contribution is 5.89. The third-order valence-corrected chi connectivity index (χ3v) is 6.25. The molecule has 214 valence electrons. The molecule has 0 fully saturated rings. The van der Waals surface area contributed by atoms with E-state index in [-0.39, 0.29) is 44.1 Å². The molecule has 1 aromatic heterocycles. The number of rotatable bonds is 14. The molecule has 2 atom stereocenters. The summed E-state index contributed by atoms with van der Waals surface area (Å²) in [6.45, 7) is 6.47. The van der Waals surface area contributed by atoms with Crippen molar-refractivity contribution in [3.8, 4) is 0 Å². The molecule has 10 heteroatoms. The Morgan fingerprint density at radius 2 is 1.62 bits per heavy atom. The summed E-state index contributed by atoms with van der Waals surface area (Å²) < 4.78 is 33.1. The van der Waals surface area contributed by atoms with Crippen molar-refractivity contribution in [1.29, 1.82) is 0 Å². The van der Waals surface area contributed by atoms with Crippen LogP contribution in [0.5, 0.6) is 0 Å². The molecule has 0 spiro atoms. The van der Waals surface area contributed by atoms with E-state index in [9.17, 15) is 18.4 Å². The van der Waals surface area contributed by atoms with E-state index in [1.807, 2.05) is 26.0 Å². The average molecular weight is 554 g/mol. The summed E-state index contributed by atoms with van der Waals surface area (Å²) in [6.07, 6.45) is 0.597. The van der Waals surface area contributed by atoms with E-state index in [1.54, 1.807) is 6.07 Å². The zero-order chi connectivity index (χ0) is 29.1. The number of anilines is 1. The van der Waals surface area contributed by atoms with Gasteiger partial charge in [-0.25, -0.2) is 18.7 Å². The fourth-order valence-corrected chi connectivity index (χ4v) is 4.32. The van der Waals surface area contributed by atoms with Crippen molar-refractivity contribution in [2.24, 2.45) is 5.73 Å². The highest BCUT2D eigenvalue weighted by Gasteiger charge is 2.23. The number of benzene rings is 2. The van der Waals surface area contributed by atoms with Gasteiger partial charge in [0, 0.05) is 49.4 Å². The van der Waals surface area contributed by atoms with E-state index in [1.165, 1.54) is 17.7 Å². The van der Waals surface area contributed by atoms with Gasteiger partial charge in [-0.15, -0.1) is 0 Å². The van der Waals surface area contributed by atoms with Gasteiger partial charge in [0.2, 0.25) is 11.9 Å². The first-order valence-corrected chi connectivity index (χ1v) is 13.4. The number of nitrogens with two attached hydrogens (primary N) is 1. The Hall–Kier alpha value is -3.76. The lowest BCUT2D eigenvalue weighted by atomic mass is 10.0. The number of carbonyl (C=O) groups is 2. The second-order valence-electron chi connectivity index (χ2n) is 9.85. The maximum Gasteiger partial charge on any atom is 0.306 e. The summed E-state index contributed by atoms with van der Waals surface area (Å²) >= 11 is 0. The van der Waals surface area contributed by atoms with Crippen molar-refractivity contribution in [3.63, 3.8) is 0 Å². The number of nitrogens with zero attached hydrogens (tertiary/aromatic N) is 2. The van der Waals surface area contributed by atoms with Crippen LogP contribution in [0, 0.1) is 25.5 Å². The summed E-state index contributed by atoms with van der Waals surface area (Å²) in [7, 11) is 0. The van der Waals surface area contributed by atoms with Gasteiger partial charge in [0.15, 0.2) is 0 Å². The Labute approximate surface area is 233 Å². The number of hydrogen-bond acceptors (Lipinski definition) is 7. The predicted octanol–water partition coefficient (Wildman–Crippen LogP) is 4.31. The molecule has 0 aliphatic rings. The molecule has 0 aliphatic heterocycles. The standard InChI is InChI=1S/C30H37F2N5O3/c1-4-21-7-5-8-22(12-21)17-34-18-27(26(33)15-23-13-24(31)16-25(32)14-23)40-29(39)10-6-9-28(38)37-30-35-19(2)11-20(3)36-30/h5,7-8,11-14,16,26-27,34H,4,6,9-10,15,17-18,33H2,1-3H3,(H,35,36,37,38)/t26-,27+/m0/s1. The average Bonchev–Trinajstić information content (AvgIpc) is 2.87. The molecule has 8 nitrogen and oxygen atoms in total. The van der Waals surface area contributed by atoms with E-state index in [4.69, 9.17) is 10.5 Å². The van der Waals surface area contributed by atoms with Gasteiger partial charge in [0.25, 0.3) is 0 Å². The quantitative estimate of drug-likeness (QED) is 0.255. The highest BCUT2D eigenvalue weighted by Crippen LogP contribution is 2.14. The molecular weight excluding hydrogens is 516 g/mol. The largest absolute Gasteiger partial charge is 0.459 e. The summed E-state index contributed by atoms with van der Waals surface area (Å²) in [5.74, 6) is -2.00. The number of aryl methyl sites for hydroxylation is 3. The molecule has 40 heavy (non-hydrogen) atoms. The lowest BCUT2D eigenvalue weighted by Crippen LogP contribution is -2.46. The van der Waals surface area contributed by atoms with Gasteiger partial charge in [0.1, 0.15) is 17.7 Å². The van der Waals surface area contributed by atoms with Crippen LogP contribution >= 0.6 is 0 Å². The van der Waals surface area contributed by atoms with E-state index in [0.717, 1.165) is 29.4 Å². The van der Waals surface area contributed by atoms with Crippen LogP contribution in [0.2, 0.25) is 0 Å². The van der Waals surface area contributed by atoms with Crippen molar-refractivity contribution in [2.75, 3.05) is 11.9 Å². The normalized spacial score (nSPS) is 12.6. The molecule has 4 N–H and O–H groups in total. The number of amides is 1. The minimum absolute atomic E-state index is 0.00250. The van der Waals surface area contributed by atoms with Gasteiger partial charge in [-0.2, -0.15) is 0 Å². The smallest absolute Gasteiger partial charge is 0.306 e. The van der Waals surface area contributed by atoms with Crippen LogP contribution in [0.4, 0.5) is 14.7 Å². The first kappa shape index (κ1) is 30.8. The van der Waals surface area contributed by atoms with Gasteiger partial charge in [-0.3, -0.25) is 14.9 Å². The highest BCUT2D eigenvalue weighted by atomic mass is 19.1. The van der Waals surface area contributed by atoms with Crippen molar-refractivity contribution < 1.29 is 23.1 Å². The van der Waals surface area contributed by atoms with Crippen LogP contribution in [0.1, 0.15) is 54.3 Å². The van der Waals surface area contributed by atoms with Crippen LogP contribution in [-0.2, 0) is 33.7 Å². The molecule has 3 rings (SSSR count). The number of aromatic nitrogens is 2. The fraction of sp³-hybridized carbons (Fsp3) is 0.400. The maximum atomic E-state index is 13.7. The summed E-state index contributed by atoms with van der Waals surface area (Å²) in [5, 5.41) is 5.91. The second kappa shape index (κ2) is 15.1. The van der Waals surface area contributed by atoms with E-state index < -0.39 is 29.7 Å². The van der Waals surface area contributed by atoms with Crippen molar-refractivity contribution >= 4 is 17.8 Å². The predicted molar refractivity (Wildman–Crippen MR) is 149 cm³/mol. The Morgan fingerprint density at radius 1 is 0.950 bits per heavy atom. The molecule has 3 aromatic rings. The maximum absolute atomic E-state index is 13.7. The number of carbonyl (C=O) groups excluding carboxylic acids is 2. The molecule has 0 bridgehead atoms. The van der Waals surface area contributed by atoms with Crippen LogP contribution < -0.4 is 16.4 Å². The summed E-state index contributed by atoms with van der Waals surface area (Å²) in [6, 6.07) is 12.4. The zero-order valence-electron chi connectivity index (χ0n) is 23.2. The Balaban J connectivity index is 1.56. The van der Waals surface area contributed by atoms with Gasteiger partial charge in [0.05, 0.1) is 0 Å². The molecule has 0 saturated heterocycles. The molecule has 0 unspecified atom stereocenters. The van der Waals surface area contributed by atoms with Crippen LogP contribution in [0.25, 0.3) is 0 Å². The molecule has 2 aromatic carbocycles. The Kier molecular flexibility index (Phi) is 11.6. The molecule has 0 aliphatic carbocycles. The van der Waals surface area contributed by atoms with E-state index in [0.29, 0.717) is 12.1 Å². The van der Waals surface area contributed by atoms with Crippen LogP contribution in [-0.4, -0.2) is 40.5 Å². The number of halogens is 2. The summed E-state index contributed by atoms with van der Waals surface area (Å²) in [5.41, 5.74) is 10.5. The summed E-state index contributed by atoms with van der Waals surface area (Å²) in [4.78, 5) is 33.3. The number of esters is 1. The van der Waals surface area contributed by atoms with Crippen molar-refractivity contribution in [2.45, 2.75) is 71.6 Å². The lowest BCUT2D eigenvalue weighted by molar-refractivity contribution is -0.150. The molecule has 0 radical (unpaired) electrons. The monoisotopic (exact) mass is 553 g/mol. The molecule has 1 amide bonds. The van der Waals surface area contributed by atoms with Gasteiger partial charge >= 0.3 is 5.97 Å². The van der Waals surface area contributed by atoms with Crippen molar-refractivity contribution in [3.05, 3.63) is 88.2 Å². The van der Waals surface area contributed by atoms with Crippen molar-refractivity contribution in [1.82, 2.24) is 15.3 Å². The molecule has 0 saturated carbocycles. The third kappa shape index (κ3) is 10.4. The van der Waals surface area contributed by atoms with Crippen LogP contribution in [0.3, 0.4) is 0 Å². The lowest BCUT2D eigenvalue weighted by Gasteiger charge is -2.25. The fourth-order valence-electron chi connectivity index (χ4n) is 4.32. The van der Waals surface area contributed by atoms with E-state index >= 15 is 0 Å². The first-order chi connectivity index (χ1) is 19.1. The van der Waals surface area contributed by atoms with E-state index in [2.05, 4.69) is 39.7 Å². The molecule has 1 heterocycles. The van der Waals surface area contributed by atoms with Gasteiger partial charge < -0.3 is 15.8 Å². The topological polar surface area (TPSA) is 119 Å².